The van der Waals surface area contributed by atoms with E-state index in [4.69, 9.17) is 4.74 Å². The quantitative estimate of drug-likeness (QED) is 0.561. The van der Waals surface area contributed by atoms with Crippen LogP contribution in [0.3, 0.4) is 0 Å². The van der Waals surface area contributed by atoms with Crippen molar-refractivity contribution in [3.8, 4) is 0 Å². The van der Waals surface area contributed by atoms with Gasteiger partial charge in [0.2, 0.25) is 15.9 Å². The maximum Gasteiger partial charge on any atom is 0.354 e. The molecule has 0 bridgehead atoms. The molecule has 9 heteroatoms. The minimum Gasteiger partial charge on any atom is -0.461 e. The topological polar surface area (TPSA) is 88.9 Å². The van der Waals surface area contributed by atoms with Gasteiger partial charge in [0.1, 0.15) is 16.6 Å². The summed E-state index contributed by atoms with van der Waals surface area (Å²) in [5.74, 6) is -0.153. The van der Waals surface area contributed by atoms with E-state index in [0.29, 0.717) is 38.4 Å². The number of hydrogen-bond acceptors (Lipinski definition) is 5. The van der Waals surface area contributed by atoms with Gasteiger partial charge in [-0.2, -0.15) is 4.31 Å². The van der Waals surface area contributed by atoms with E-state index >= 15 is 0 Å². The lowest BCUT2D eigenvalue weighted by atomic mass is 9.90. The van der Waals surface area contributed by atoms with Gasteiger partial charge in [-0.05, 0) is 56.6 Å². The molecule has 2 aliphatic heterocycles. The van der Waals surface area contributed by atoms with Gasteiger partial charge in [0.15, 0.2) is 0 Å². The summed E-state index contributed by atoms with van der Waals surface area (Å²) in [7, 11) is -2.31. The number of carbonyl (C=O) groups excluding carboxylic acids is 2. The number of ether oxygens (including phenoxy) is 1. The molecule has 1 aromatic carbocycles. The van der Waals surface area contributed by atoms with E-state index in [9.17, 15) is 18.0 Å². The fourth-order valence-electron chi connectivity index (χ4n) is 5.01. The number of piperidine rings is 1. The monoisotopic (exact) mass is 487 g/mol. The Hall–Kier alpha value is -2.65. The summed E-state index contributed by atoms with van der Waals surface area (Å²) in [6.45, 7) is 3.51. The van der Waals surface area contributed by atoms with Crippen molar-refractivity contribution in [2.24, 2.45) is 13.0 Å². The summed E-state index contributed by atoms with van der Waals surface area (Å²) >= 11 is 0. The van der Waals surface area contributed by atoms with E-state index < -0.39 is 22.0 Å². The van der Waals surface area contributed by atoms with E-state index in [1.165, 1.54) is 26.7 Å². The summed E-state index contributed by atoms with van der Waals surface area (Å²) in [5, 5.41) is 0. The predicted molar refractivity (Wildman–Crippen MR) is 128 cm³/mol. The zero-order valence-electron chi connectivity index (χ0n) is 19.9. The second kappa shape index (κ2) is 10.3. The van der Waals surface area contributed by atoms with E-state index in [-0.39, 0.29) is 23.1 Å². The Kier molecular flexibility index (Phi) is 7.42. The van der Waals surface area contributed by atoms with Crippen LogP contribution < -0.4 is 0 Å². The molecule has 34 heavy (non-hydrogen) atoms. The smallest absolute Gasteiger partial charge is 0.354 e. The van der Waals surface area contributed by atoms with Crippen molar-refractivity contribution in [3.05, 3.63) is 53.9 Å². The molecule has 1 atom stereocenters. The van der Waals surface area contributed by atoms with Crippen molar-refractivity contribution in [2.45, 2.75) is 50.0 Å². The first-order valence-electron chi connectivity index (χ1n) is 12.0. The molecule has 0 spiro atoms. The van der Waals surface area contributed by atoms with Crippen molar-refractivity contribution in [3.63, 3.8) is 0 Å². The molecule has 2 aliphatic rings. The lowest BCUT2D eigenvalue weighted by molar-refractivity contribution is -0.136. The van der Waals surface area contributed by atoms with Gasteiger partial charge in [-0.3, -0.25) is 4.79 Å². The van der Waals surface area contributed by atoms with Crippen LogP contribution in [0.15, 0.2) is 47.5 Å². The highest BCUT2D eigenvalue weighted by atomic mass is 32.2. The van der Waals surface area contributed by atoms with Gasteiger partial charge in [0.05, 0.1) is 6.61 Å². The van der Waals surface area contributed by atoms with Crippen molar-refractivity contribution in [1.82, 2.24) is 13.8 Å². The highest BCUT2D eigenvalue weighted by Gasteiger charge is 2.42. The fraction of sp³-hybridized carbons (Fsp3) is 0.520. The minimum absolute atomic E-state index is 0.0133. The van der Waals surface area contributed by atoms with E-state index in [1.54, 1.807) is 14.0 Å². The van der Waals surface area contributed by atoms with E-state index in [2.05, 4.69) is 12.1 Å². The van der Waals surface area contributed by atoms with Gasteiger partial charge in [0.25, 0.3) is 0 Å². The first-order valence-corrected chi connectivity index (χ1v) is 13.4. The molecule has 1 aromatic heterocycles. The molecule has 0 aliphatic carbocycles. The average Bonchev–Trinajstić information content (AvgIpc) is 3.48. The van der Waals surface area contributed by atoms with Gasteiger partial charge in [-0.1, -0.05) is 30.3 Å². The Morgan fingerprint density at radius 1 is 1.06 bits per heavy atom. The molecule has 2 saturated heterocycles. The predicted octanol–water partition coefficient (Wildman–Crippen LogP) is 2.84. The van der Waals surface area contributed by atoms with Crippen molar-refractivity contribution >= 4 is 21.9 Å². The zero-order chi connectivity index (χ0) is 24.3. The van der Waals surface area contributed by atoms with Crippen LogP contribution in [0, 0.1) is 5.92 Å². The molecule has 0 radical (unpaired) electrons. The molecule has 184 valence electrons. The first kappa shape index (κ1) is 24.5. The van der Waals surface area contributed by atoms with Crippen LogP contribution in [0.4, 0.5) is 0 Å². The number of aryl methyl sites for hydroxylation is 1. The van der Waals surface area contributed by atoms with Crippen LogP contribution >= 0.6 is 0 Å². The van der Waals surface area contributed by atoms with Crippen LogP contribution in [-0.4, -0.2) is 66.3 Å². The standard InChI is InChI=1S/C25H33N3O5S/c1-3-33-25(30)23-17-21(18-26(23)2)34(31,32)28-13-7-10-22(28)24(29)27-14-11-20(12-15-27)16-19-8-5-4-6-9-19/h4-6,8-9,17-18,20,22H,3,7,10-16H2,1-2H3. The third-order valence-electron chi connectivity index (χ3n) is 6.85. The number of hydrogen-bond donors (Lipinski definition) is 0. The van der Waals surface area contributed by atoms with Gasteiger partial charge >= 0.3 is 5.97 Å². The zero-order valence-corrected chi connectivity index (χ0v) is 20.7. The van der Waals surface area contributed by atoms with Crippen molar-refractivity contribution < 1.29 is 22.7 Å². The Balaban J connectivity index is 1.42. The second-order valence-corrected chi connectivity index (χ2v) is 11.0. The molecule has 1 unspecified atom stereocenters. The first-order chi connectivity index (χ1) is 16.3. The highest BCUT2D eigenvalue weighted by molar-refractivity contribution is 7.89. The number of esters is 1. The van der Waals surface area contributed by atoms with Crippen LogP contribution in [0.2, 0.25) is 0 Å². The number of nitrogens with zero attached hydrogens (tertiary/aromatic N) is 3. The number of benzene rings is 1. The van der Waals surface area contributed by atoms with Gasteiger partial charge < -0.3 is 14.2 Å². The maximum atomic E-state index is 13.4. The molecular formula is C25H33N3O5S. The van der Waals surface area contributed by atoms with Crippen LogP contribution in [0.25, 0.3) is 0 Å². The number of carbonyl (C=O) groups is 2. The van der Waals surface area contributed by atoms with Crippen LogP contribution in [0.1, 0.15) is 48.7 Å². The SMILES string of the molecule is CCOC(=O)c1cc(S(=O)(=O)N2CCCC2C(=O)N2CCC(Cc3ccccc3)CC2)cn1C. The van der Waals surface area contributed by atoms with Crippen LogP contribution in [0.5, 0.6) is 0 Å². The summed E-state index contributed by atoms with van der Waals surface area (Å²) in [4.78, 5) is 27.3. The van der Waals surface area contributed by atoms with E-state index in [0.717, 1.165) is 19.3 Å². The molecule has 1 amide bonds. The van der Waals surface area contributed by atoms with Gasteiger partial charge in [-0.15, -0.1) is 0 Å². The Bertz CT molecular complexity index is 1120. The summed E-state index contributed by atoms with van der Waals surface area (Å²) < 4.78 is 34.6. The highest BCUT2D eigenvalue weighted by Crippen LogP contribution is 2.30. The average molecular weight is 488 g/mol. The summed E-state index contributed by atoms with van der Waals surface area (Å²) in [6, 6.07) is 11.0. The van der Waals surface area contributed by atoms with Crippen molar-refractivity contribution in [1.29, 1.82) is 0 Å². The minimum atomic E-state index is -3.92. The lowest BCUT2D eigenvalue weighted by Crippen LogP contribution is -2.50. The Morgan fingerprint density at radius 3 is 2.44 bits per heavy atom. The number of sulfonamides is 1. The second-order valence-electron chi connectivity index (χ2n) is 9.12. The third kappa shape index (κ3) is 5.05. The molecule has 2 fully saturated rings. The number of aromatic nitrogens is 1. The summed E-state index contributed by atoms with van der Waals surface area (Å²) in [5.41, 5.74) is 1.48. The summed E-state index contributed by atoms with van der Waals surface area (Å²) in [6.07, 6.45) is 5.40. The molecule has 3 heterocycles. The molecule has 2 aromatic rings. The number of amides is 1. The lowest BCUT2D eigenvalue weighted by Gasteiger charge is -2.35. The molecule has 0 N–H and O–H groups in total. The Morgan fingerprint density at radius 2 is 1.76 bits per heavy atom. The number of likely N-dealkylation sites (tertiary alicyclic amines) is 1. The molecule has 0 saturated carbocycles. The van der Waals surface area contributed by atoms with Gasteiger partial charge in [-0.25, -0.2) is 13.2 Å². The molecular weight excluding hydrogens is 454 g/mol. The fourth-order valence-corrected chi connectivity index (χ4v) is 6.73. The third-order valence-corrected chi connectivity index (χ3v) is 8.73. The largest absolute Gasteiger partial charge is 0.461 e. The van der Waals surface area contributed by atoms with Crippen molar-refractivity contribution in [2.75, 3.05) is 26.2 Å². The number of rotatable bonds is 7. The van der Waals surface area contributed by atoms with Crippen LogP contribution in [-0.2, 0) is 33.0 Å². The molecule has 8 nitrogen and oxygen atoms in total. The maximum absolute atomic E-state index is 13.4. The Labute approximate surface area is 201 Å². The normalized spacial score (nSPS) is 19.9. The van der Waals surface area contributed by atoms with E-state index in [1.807, 2.05) is 23.1 Å². The van der Waals surface area contributed by atoms with Gasteiger partial charge in [0, 0.05) is 32.9 Å². The molecule has 4 rings (SSSR count).